The van der Waals surface area contributed by atoms with Crippen LogP contribution in [-0.2, 0) is 25.3 Å². The Morgan fingerprint density at radius 2 is 1.36 bits per heavy atom. The average molecular weight is 628 g/mol. The second-order valence-electron chi connectivity index (χ2n) is 11.9. The van der Waals surface area contributed by atoms with E-state index in [1.807, 2.05) is 36.4 Å². The molecule has 238 valence electrons. The number of carbonyl (C=O) groups is 2. The summed E-state index contributed by atoms with van der Waals surface area (Å²) in [6.45, 7) is 8.24. The molecule has 0 spiro atoms. The maximum absolute atomic E-state index is 14.6. The minimum atomic E-state index is -4.16. The van der Waals surface area contributed by atoms with Crippen molar-refractivity contribution < 1.29 is 37.4 Å². The van der Waals surface area contributed by atoms with Gasteiger partial charge in [-0.3, -0.25) is 4.79 Å². The summed E-state index contributed by atoms with van der Waals surface area (Å²) in [5.41, 5.74) is 0.732. The lowest BCUT2D eigenvalue weighted by molar-refractivity contribution is -0.171. The van der Waals surface area contributed by atoms with Crippen molar-refractivity contribution in [2.75, 3.05) is 26.4 Å². The van der Waals surface area contributed by atoms with Crippen LogP contribution < -0.4 is 10.4 Å². The zero-order valence-electron chi connectivity index (χ0n) is 26.0. The first-order chi connectivity index (χ1) is 20.8. The number of carbonyl (C=O) groups excluding carboxylic acids is 2. The SMILES string of the molecule is CC(C)N(CCO[Si](c1ccccc1)(c1ccccc1)C(C)(C)C)C(=O)OCC(=O)C(F)(F)C(O)COCc1ccccc1. The van der Waals surface area contributed by atoms with Crippen molar-refractivity contribution in [2.24, 2.45) is 0 Å². The number of benzene rings is 3. The Balaban J connectivity index is 1.64. The fourth-order valence-electron chi connectivity index (χ4n) is 5.08. The van der Waals surface area contributed by atoms with Crippen molar-refractivity contribution in [3.8, 4) is 0 Å². The van der Waals surface area contributed by atoms with Crippen molar-refractivity contribution in [3.05, 3.63) is 96.6 Å². The van der Waals surface area contributed by atoms with Crippen LogP contribution in [0.5, 0.6) is 0 Å². The minimum absolute atomic E-state index is 0.00349. The molecule has 1 N–H and O–H groups in total. The predicted molar refractivity (Wildman–Crippen MR) is 169 cm³/mol. The summed E-state index contributed by atoms with van der Waals surface area (Å²) in [7, 11) is -2.86. The number of halogens is 2. The number of aliphatic hydroxyl groups excluding tert-OH is 1. The van der Waals surface area contributed by atoms with Gasteiger partial charge in [-0.15, -0.1) is 0 Å². The highest BCUT2D eigenvalue weighted by molar-refractivity contribution is 6.99. The van der Waals surface area contributed by atoms with E-state index in [-0.39, 0.29) is 30.8 Å². The Bertz CT molecular complexity index is 1280. The monoisotopic (exact) mass is 627 g/mol. The molecule has 0 aliphatic heterocycles. The number of ether oxygens (including phenoxy) is 2. The first kappa shape index (κ1) is 35.0. The predicted octanol–water partition coefficient (Wildman–Crippen LogP) is 5.19. The number of alkyl halides is 2. The number of rotatable bonds is 15. The lowest BCUT2D eigenvalue weighted by Crippen LogP contribution is -2.67. The van der Waals surface area contributed by atoms with Crippen LogP contribution in [0.3, 0.4) is 0 Å². The quantitative estimate of drug-likeness (QED) is 0.234. The highest BCUT2D eigenvalue weighted by atomic mass is 28.4. The standard InChI is InChI=1S/C34H43F2NO6Si/c1-26(2)37(32(40)42-25-31(39)34(35,36)30(38)24-41-23-27-15-9-6-10-16-27)21-22-43-44(33(3,4)5,28-17-11-7-12-18-28)29-19-13-8-14-20-29/h6-20,26,30,38H,21-25H2,1-5H3. The minimum Gasteiger partial charge on any atom is -0.441 e. The van der Waals surface area contributed by atoms with E-state index in [1.165, 1.54) is 4.90 Å². The van der Waals surface area contributed by atoms with Gasteiger partial charge in [0.05, 0.1) is 19.8 Å². The fraction of sp³-hybridized carbons (Fsp3) is 0.412. The van der Waals surface area contributed by atoms with Crippen molar-refractivity contribution in [1.82, 2.24) is 4.90 Å². The second-order valence-corrected chi connectivity index (χ2v) is 16.2. The van der Waals surface area contributed by atoms with E-state index >= 15 is 0 Å². The van der Waals surface area contributed by atoms with Gasteiger partial charge < -0.3 is 23.9 Å². The largest absolute Gasteiger partial charge is 0.441 e. The van der Waals surface area contributed by atoms with Crippen molar-refractivity contribution in [1.29, 1.82) is 0 Å². The molecular formula is C34H43F2NO6Si. The first-order valence-electron chi connectivity index (χ1n) is 14.7. The molecule has 0 aromatic heterocycles. The molecule has 1 unspecified atom stereocenters. The molecular weight excluding hydrogens is 584 g/mol. The summed E-state index contributed by atoms with van der Waals surface area (Å²) < 4.78 is 46.2. The zero-order valence-corrected chi connectivity index (χ0v) is 27.0. The van der Waals surface area contributed by atoms with E-state index in [9.17, 15) is 23.5 Å². The summed E-state index contributed by atoms with van der Waals surface area (Å²) in [4.78, 5) is 26.6. The van der Waals surface area contributed by atoms with Crippen LogP contribution in [0, 0.1) is 0 Å². The molecule has 0 heterocycles. The molecule has 44 heavy (non-hydrogen) atoms. The van der Waals surface area contributed by atoms with Gasteiger partial charge >= 0.3 is 12.0 Å². The third-order valence-electron chi connectivity index (χ3n) is 7.43. The van der Waals surface area contributed by atoms with Gasteiger partial charge in [-0.05, 0) is 34.8 Å². The number of hydrogen-bond acceptors (Lipinski definition) is 6. The maximum Gasteiger partial charge on any atom is 0.410 e. The van der Waals surface area contributed by atoms with Crippen molar-refractivity contribution in [3.63, 3.8) is 0 Å². The number of hydrogen-bond donors (Lipinski definition) is 1. The molecule has 0 saturated heterocycles. The Morgan fingerprint density at radius 1 is 0.864 bits per heavy atom. The van der Waals surface area contributed by atoms with Crippen LogP contribution in [0.25, 0.3) is 0 Å². The third-order valence-corrected chi connectivity index (χ3v) is 12.5. The summed E-state index contributed by atoms with van der Waals surface area (Å²) in [6.07, 6.45) is -3.32. The summed E-state index contributed by atoms with van der Waals surface area (Å²) in [6, 6.07) is 28.5. The zero-order chi connectivity index (χ0) is 32.4. The number of amides is 1. The first-order valence-corrected chi connectivity index (χ1v) is 16.6. The third kappa shape index (κ3) is 8.59. The van der Waals surface area contributed by atoms with Crippen LogP contribution >= 0.6 is 0 Å². The van der Waals surface area contributed by atoms with E-state index in [0.29, 0.717) is 0 Å². The molecule has 0 aliphatic carbocycles. The van der Waals surface area contributed by atoms with Gasteiger partial charge in [0.15, 0.2) is 6.61 Å². The van der Waals surface area contributed by atoms with Crippen molar-refractivity contribution >= 4 is 30.6 Å². The maximum atomic E-state index is 14.6. The van der Waals surface area contributed by atoms with Crippen LogP contribution in [0.2, 0.25) is 5.04 Å². The second kappa shape index (κ2) is 15.5. The Labute approximate surface area is 259 Å². The van der Waals surface area contributed by atoms with Gasteiger partial charge in [-0.1, -0.05) is 112 Å². The fourth-order valence-corrected chi connectivity index (χ4v) is 9.63. The summed E-state index contributed by atoms with van der Waals surface area (Å²) >= 11 is 0. The lowest BCUT2D eigenvalue weighted by atomic mass is 10.1. The van der Waals surface area contributed by atoms with Crippen LogP contribution in [-0.4, -0.2) is 74.6 Å². The number of ketones is 1. The van der Waals surface area contributed by atoms with Gasteiger partial charge in [0.25, 0.3) is 8.32 Å². The lowest BCUT2D eigenvalue weighted by Gasteiger charge is -2.43. The molecule has 0 aliphatic rings. The summed E-state index contributed by atoms with van der Waals surface area (Å²) in [5.74, 6) is -5.87. The highest BCUT2D eigenvalue weighted by Crippen LogP contribution is 2.36. The molecule has 3 aromatic carbocycles. The number of nitrogens with zero attached hydrogens (tertiary/aromatic N) is 1. The van der Waals surface area contributed by atoms with Gasteiger partial charge in [0.1, 0.15) is 6.10 Å². The van der Waals surface area contributed by atoms with Gasteiger partial charge in [-0.2, -0.15) is 8.78 Å². The molecule has 10 heteroatoms. The molecule has 1 atom stereocenters. The molecule has 1 amide bonds. The molecule has 0 bridgehead atoms. The van der Waals surface area contributed by atoms with E-state index in [2.05, 4.69) is 45.0 Å². The van der Waals surface area contributed by atoms with E-state index in [1.54, 1.807) is 44.2 Å². The molecule has 0 radical (unpaired) electrons. The van der Waals surface area contributed by atoms with Gasteiger partial charge in [0, 0.05) is 12.6 Å². The Morgan fingerprint density at radius 3 is 1.84 bits per heavy atom. The summed E-state index contributed by atoms with van der Waals surface area (Å²) in [5, 5.41) is 11.9. The van der Waals surface area contributed by atoms with E-state index in [0.717, 1.165) is 15.9 Å². The normalized spacial score (nSPS) is 13.0. The number of aliphatic hydroxyl groups is 1. The number of Topliss-reactive ketones (excluding diaryl/α,β-unsaturated/α-hetero) is 1. The smallest absolute Gasteiger partial charge is 0.410 e. The van der Waals surface area contributed by atoms with Gasteiger partial charge in [0.2, 0.25) is 5.78 Å². The Hall–Kier alpha value is -3.44. The van der Waals surface area contributed by atoms with Crippen LogP contribution in [0.4, 0.5) is 13.6 Å². The van der Waals surface area contributed by atoms with Crippen LogP contribution in [0.1, 0.15) is 40.2 Å². The average Bonchev–Trinajstić information content (AvgIpc) is 3.00. The topological polar surface area (TPSA) is 85.3 Å². The molecule has 3 aromatic rings. The molecule has 7 nitrogen and oxygen atoms in total. The highest BCUT2D eigenvalue weighted by Gasteiger charge is 2.50. The van der Waals surface area contributed by atoms with Crippen LogP contribution in [0.15, 0.2) is 91.0 Å². The van der Waals surface area contributed by atoms with E-state index in [4.69, 9.17) is 13.9 Å². The molecule has 0 fully saturated rings. The Kier molecular flexibility index (Phi) is 12.4. The van der Waals surface area contributed by atoms with Crippen molar-refractivity contribution in [2.45, 2.75) is 64.3 Å². The molecule has 0 saturated carbocycles. The van der Waals surface area contributed by atoms with E-state index < -0.39 is 45.4 Å². The van der Waals surface area contributed by atoms with Gasteiger partial charge in [-0.25, -0.2) is 4.79 Å². The molecule has 3 rings (SSSR count).